The molecule has 6 aromatic rings. The third kappa shape index (κ3) is 8.22. The predicted molar refractivity (Wildman–Crippen MR) is 190 cm³/mol. The van der Waals surface area contributed by atoms with Crippen molar-refractivity contribution in [2.24, 2.45) is 10.2 Å². The molecule has 1 heterocycles. The molecule has 0 radical (unpaired) electrons. The highest BCUT2D eigenvalue weighted by atomic mass is 35.5. The normalized spacial score (nSPS) is 11.4. The fourth-order valence-corrected chi connectivity index (χ4v) is 5.54. The van der Waals surface area contributed by atoms with Crippen molar-refractivity contribution in [3.63, 3.8) is 0 Å². The first-order valence-corrected chi connectivity index (χ1v) is 16.6. The van der Waals surface area contributed by atoms with E-state index in [-0.39, 0.29) is 50.6 Å². The second kappa shape index (κ2) is 14.2. The molecule has 6 rings (SSSR count). The number of hydrogen-bond donors (Lipinski definition) is 6. The van der Waals surface area contributed by atoms with Crippen molar-refractivity contribution in [1.29, 1.82) is 0 Å². The summed E-state index contributed by atoms with van der Waals surface area (Å²) in [5.74, 6) is -2.68. The van der Waals surface area contributed by atoms with Crippen molar-refractivity contribution in [1.82, 2.24) is 15.0 Å². The van der Waals surface area contributed by atoms with Crippen molar-refractivity contribution in [3.05, 3.63) is 119 Å². The van der Waals surface area contributed by atoms with E-state index in [0.29, 0.717) is 11.4 Å². The number of phenols is 1. The number of fused-ring (bicyclic) bond motifs is 1. The van der Waals surface area contributed by atoms with Crippen molar-refractivity contribution in [3.8, 4) is 5.75 Å². The topological polar surface area (TPSA) is 228 Å². The number of nitrogens with one attached hydrogen (secondary N) is 3. The predicted octanol–water partition coefficient (Wildman–Crippen LogP) is 7.79. The van der Waals surface area contributed by atoms with Crippen LogP contribution in [0.15, 0.2) is 112 Å². The number of azo groups is 1. The van der Waals surface area contributed by atoms with Gasteiger partial charge >= 0.3 is 5.97 Å². The first-order valence-electron chi connectivity index (χ1n) is 14.8. The number of carbonyl (C=O) groups is 2. The van der Waals surface area contributed by atoms with Gasteiger partial charge in [-0.05, 0) is 84.6 Å². The van der Waals surface area contributed by atoms with E-state index in [9.17, 15) is 32.8 Å². The quantitative estimate of drug-likeness (QED) is 0.0587. The average molecular weight is 725 g/mol. The van der Waals surface area contributed by atoms with Gasteiger partial charge in [0.2, 0.25) is 17.2 Å². The summed E-state index contributed by atoms with van der Waals surface area (Å²) in [5, 5.41) is 37.7. The molecule has 0 fully saturated rings. The zero-order valence-electron chi connectivity index (χ0n) is 26.2. The zero-order chi connectivity index (χ0) is 36.3. The van der Waals surface area contributed by atoms with Crippen LogP contribution < -0.4 is 16.0 Å². The number of amides is 1. The van der Waals surface area contributed by atoms with Gasteiger partial charge in [0, 0.05) is 28.0 Å². The monoisotopic (exact) mass is 724 g/mol. The van der Waals surface area contributed by atoms with Crippen LogP contribution in [0, 0.1) is 6.92 Å². The lowest BCUT2D eigenvalue weighted by Crippen LogP contribution is -2.11. The summed E-state index contributed by atoms with van der Waals surface area (Å²) in [5.41, 5.74) is 1.55. The van der Waals surface area contributed by atoms with Gasteiger partial charge in [0.15, 0.2) is 5.75 Å². The average Bonchev–Trinajstić information content (AvgIpc) is 3.08. The summed E-state index contributed by atoms with van der Waals surface area (Å²) < 4.78 is 34.3. The zero-order valence-corrected chi connectivity index (χ0v) is 27.8. The summed E-state index contributed by atoms with van der Waals surface area (Å²) in [4.78, 5) is 36.7. The summed E-state index contributed by atoms with van der Waals surface area (Å²) in [7, 11) is -4.78. The lowest BCUT2D eigenvalue weighted by Gasteiger charge is -2.11. The molecule has 0 aliphatic carbocycles. The Labute approximate surface area is 294 Å². The molecule has 0 aliphatic heterocycles. The molecule has 0 bridgehead atoms. The van der Waals surface area contributed by atoms with Crippen LogP contribution in [0.2, 0.25) is 5.28 Å². The number of aryl methyl sites for hydroxylation is 1. The molecule has 5 aromatic carbocycles. The number of hydrogen-bond acceptors (Lipinski definition) is 12. The van der Waals surface area contributed by atoms with Gasteiger partial charge in [0.1, 0.15) is 11.3 Å². The third-order valence-corrected chi connectivity index (χ3v) is 8.24. The number of aromatic nitrogens is 3. The fraction of sp³-hybridized carbons (Fsp3) is 0.0294. The van der Waals surface area contributed by atoms with Gasteiger partial charge in [-0.25, -0.2) is 4.79 Å². The second-order valence-electron chi connectivity index (χ2n) is 10.9. The number of rotatable bonds is 10. The third-order valence-electron chi connectivity index (χ3n) is 7.24. The van der Waals surface area contributed by atoms with Crippen molar-refractivity contribution < 1.29 is 32.8 Å². The number of anilines is 5. The van der Waals surface area contributed by atoms with Gasteiger partial charge < -0.3 is 26.2 Å². The van der Waals surface area contributed by atoms with Gasteiger partial charge in [-0.15, -0.1) is 5.11 Å². The van der Waals surface area contributed by atoms with E-state index < -0.39 is 38.2 Å². The fourth-order valence-electron chi connectivity index (χ4n) is 4.83. The number of carbonyl (C=O) groups excluding carboxylic acids is 1. The van der Waals surface area contributed by atoms with Crippen LogP contribution in [-0.2, 0) is 10.1 Å². The highest BCUT2D eigenvalue weighted by molar-refractivity contribution is 7.85. The lowest BCUT2D eigenvalue weighted by atomic mass is 10.0. The molecule has 0 aliphatic rings. The lowest BCUT2D eigenvalue weighted by molar-refractivity contribution is 0.0693. The Hall–Kier alpha value is -6.49. The maximum atomic E-state index is 12.9. The van der Waals surface area contributed by atoms with E-state index in [0.717, 1.165) is 17.7 Å². The van der Waals surface area contributed by atoms with E-state index in [1.54, 1.807) is 30.3 Å². The van der Waals surface area contributed by atoms with Crippen LogP contribution in [-0.4, -0.2) is 50.0 Å². The molecule has 1 aromatic heterocycles. The molecule has 17 heteroatoms. The number of halogens is 1. The van der Waals surface area contributed by atoms with Gasteiger partial charge in [0.05, 0.1) is 10.6 Å². The molecule has 0 saturated heterocycles. The van der Waals surface area contributed by atoms with E-state index in [4.69, 9.17) is 11.6 Å². The van der Waals surface area contributed by atoms with Crippen LogP contribution in [0.25, 0.3) is 10.8 Å². The Morgan fingerprint density at radius 3 is 2.14 bits per heavy atom. The molecule has 15 nitrogen and oxygen atoms in total. The van der Waals surface area contributed by atoms with Gasteiger partial charge in [-0.1, -0.05) is 42.0 Å². The van der Waals surface area contributed by atoms with Crippen molar-refractivity contribution >= 4 is 84.7 Å². The van der Waals surface area contributed by atoms with Crippen LogP contribution in [0.4, 0.5) is 40.3 Å². The molecule has 51 heavy (non-hydrogen) atoms. The molecule has 0 unspecified atom stereocenters. The molecule has 1 amide bonds. The maximum Gasteiger partial charge on any atom is 0.339 e. The molecule has 0 saturated carbocycles. The van der Waals surface area contributed by atoms with E-state index in [1.165, 1.54) is 30.3 Å². The number of benzene rings is 5. The van der Waals surface area contributed by atoms with Crippen LogP contribution in [0.1, 0.15) is 26.3 Å². The molecule has 256 valence electrons. The van der Waals surface area contributed by atoms with E-state index >= 15 is 0 Å². The number of para-hydroxylation sites is 1. The Morgan fingerprint density at radius 1 is 0.784 bits per heavy atom. The minimum atomic E-state index is -4.78. The van der Waals surface area contributed by atoms with Crippen LogP contribution >= 0.6 is 11.6 Å². The SMILES string of the molecule is Cc1ccc(Nc2nc(Cl)nc(Nc3cc(N=Nc4c(O)c(C(=O)O)cc5cc(C(=O)Nc6ccccc6)ccc45)cc(S(=O)(=O)O)c3)n2)cc1. The number of carboxylic acids is 1. The smallest absolute Gasteiger partial charge is 0.339 e. The summed E-state index contributed by atoms with van der Waals surface area (Å²) >= 11 is 6.12. The van der Waals surface area contributed by atoms with Crippen LogP contribution in [0.5, 0.6) is 5.75 Å². The highest BCUT2D eigenvalue weighted by Crippen LogP contribution is 2.40. The molecular weight excluding hydrogens is 700 g/mol. The van der Waals surface area contributed by atoms with Crippen LogP contribution in [0.3, 0.4) is 0 Å². The Morgan fingerprint density at radius 2 is 1.47 bits per heavy atom. The highest BCUT2D eigenvalue weighted by Gasteiger charge is 2.20. The Bertz CT molecular complexity index is 2460. The largest absolute Gasteiger partial charge is 0.505 e. The second-order valence-corrected chi connectivity index (χ2v) is 12.7. The molecule has 6 N–H and O–H groups in total. The standard InChI is InChI=1S/C34H25ClN8O7S/c1-18-7-10-22(11-8-18)37-33-39-32(35)40-34(41-33)38-23-15-24(17-25(16-23)51(48,49)50)42-43-28-26-12-9-19(30(45)36-21-5-3-2-4-6-21)13-20(26)14-27(29(28)44)31(46)47/h2-17,44H,1H3,(H,36,45)(H,46,47)(H,48,49,50)(H2,37,38,39,40,41). The first-order chi connectivity index (χ1) is 24.3. The van der Waals surface area contributed by atoms with Gasteiger partial charge in [0.25, 0.3) is 16.0 Å². The molecular formula is C34H25ClN8O7S. The molecule has 0 spiro atoms. The molecule has 0 atom stereocenters. The first kappa shape index (κ1) is 34.4. The minimum absolute atomic E-state index is 0.0325. The van der Waals surface area contributed by atoms with Crippen molar-refractivity contribution in [2.75, 3.05) is 16.0 Å². The summed E-state index contributed by atoms with van der Waals surface area (Å²) in [6.45, 7) is 1.93. The minimum Gasteiger partial charge on any atom is -0.505 e. The number of nitrogens with zero attached hydrogens (tertiary/aromatic N) is 5. The number of aromatic hydroxyl groups is 1. The number of aromatic carboxylic acids is 1. The van der Waals surface area contributed by atoms with Gasteiger partial charge in [-0.2, -0.15) is 28.5 Å². The van der Waals surface area contributed by atoms with E-state index in [2.05, 4.69) is 41.1 Å². The Balaban J connectivity index is 1.35. The van der Waals surface area contributed by atoms with Gasteiger partial charge in [-0.3, -0.25) is 9.35 Å². The summed E-state index contributed by atoms with van der Waals surface area (Å²) in [6.07, 6.45) is 0. The number of carboxylic acid groups (broad SMARTS) is 1. The maximum absolute atomic E-state index is 12.9. The summed E-state index contributed by atoms with van der Waals surface area (Å²) in [6, 6.07) is 25.0. The van der Waals surface area contributed by atoms with Crippen molar-refractivity contribution in [2.45, 2.75) is 11.8 Å². The van der Waals surface area contributed by atoms with E-state index in [1.807, 2.05) is 31.2 Å². The Kier molecular flexibility index (Phi) is 9.55.